The number of aryl methyl sites for hydroxylation is 1. The van der Waals surface area contributed by atoms with Gasteiger partial charge in [-0.2, -0.15) is 4.72 Å². The maximum absolute atomic E-state index is 12.3. The Morgan fingerprint density at radius 2 is 2.00 bits per heavy atom. The number of likely N-dealkylation sites (N-methyl/N-ethyl adjacent to an activating group) is 1. The first kappa shape index (κ1) is 14.8. The van der Waals surface area contributed by atoms with Crippen molar-refractivity contribution in [3.63, 3.8) is 0 Å². The Balaban J connectivity index is 2.30. The highest BCUT2D eigenvalue weighted by Crippen LogP contribution is 2.22. The third-order valence-electron chi connectivity index (χ3n) is 3.72. The predicted molar refractivity (Wildman–Crippen MR) is 76.7 cm³/mol. The Morgan fingerprint density at radius 3 is 2.50 bits per heavy atom. The lowest BCUT2D eigenvalue weighted by Crippen LogP contribution is -2.40. The third-order valence-corrected chi connectivity index (χ3v) is 5.17. The van der Waals surface area contributed by atoms with Gasteiger partial charge in [0.2, 0.25) is 15.9 Å². The molecule has 1 atom stereocenters. The van der Waals surface area contributed by atoms with E-state index < -0.39 is 16.1 Å². The van der Waals surface area contributed by atoms with Gasteiger partial charge in [0.1, 0.15) is 6.04 Å². The van der Waals surface area contributed by atoms with Gasteiger partial charge in [-0.05, 0) is 43.5 Å². The number of benzene rings is 1. The van der Waals surface area contributed by atoms with Gasteiger partial charge in [-0.1, -0.05) is 0 Å². The number of hydrogen-bond acceptors (Lipinski definition) is 4. The van der Waals surface area contributed by atoms with Gasteiger partial charge in [0.05, 0.1) is 4.90 Å². The summed E-state index contributed by atoms with van der Waals surface area (Å²) in [4.78, 5) is 13.4. The molecule has 1 amide bonds. The minimum absolute atomic E-state index is 0.0976. The van der Waals surface area contributed by atoms with Crippen molar-refractivity contribution in [1.29, 1.82) is 0 Å². The van der Waals surface area contributed by atoms with Crippen LogP contribution in [0, 0.1) is 13.8 Å². The van der Waals surface area contributed by atoms with Crippen molar-refractivity contribution in [2.24, 2.45) is 0 Å². The summed E-state index contributed by atoms with van der Waals surface area (Å²) >= 11 is 0. The molecule has 0 radical (unpaired) electrons. The molecule has 1 saturated heterocycles. The number of hydrogen-bond donors (Lipinski definition) is 2. The molecule has 20 heavy (non-hydrogen) atoms. The molecule has 1 aliphatic heterocycles. The largest absolute Gasteiger partial charge is 0.398 e. The monoisotopic (exact) mass is 297 g/mol. The maximum Gasteiger partial charge on any atom is 0.241 e. The van der Waals surface area contributed by atoms with Crippen LogP contribution < -0.4 is 10.5 Å². The molecular weight excluding hydrogens is 278 g/mol. The van der Waals surface area contributed by atoms with E-state index >= 15 is 0 Å². The molecule has 0 saturated carbocycles. The van der Waals surface area contributed by atoms with E-state index in [0.717, 1.165) is 11.1 Å². The van der Waals surface area contributed by atoms with E-state index in [2.05, 4.69) is 4.72 Å². The summed E-state index contributed by atoms with van der Waals surface area (Å²) in [5.74, 6) is -0.203. The number of nitrogens with zero attached hydrogens (tertiary/aromatic N) is 1. The van der Waals surface area contributed by atoms with Crippen molar-refractivity contribution >= 4 is 21.6 Å². The van der Waals surface area contributed by atoms with Crippen LogP contribution in [0.4, 0.5) is 5.69 Å². The molecule has 0 aromatic heterocycles. The van der Waals surface area contributed by atoms with E-state index in [1.165, 1.54) is 11.0 Å². The van der Waals surface area contributed by atoms with Crippen LogP contribution in [0.1, 0.15) is 17.5 Å². The first-order chi connectivity index (χ1) is 9.22. The van der Waals surface area contributed by atoms with Crippen LogP contribution in [0.2, 0.25) is 0 Å². The van der Waals surface area contributed by atoms with E-state index in [9.17, 15) is 13.2 Å². The fourth-order valence-electron chi connectivity index (χ4n) is 2.19. The fraction of sp³-hybridized carbons (Fsp3) is 0.462. The van der Waals surface area contributed by atoms with Gasteiger partial charge in [-0.25, -0.2) is 8.42 Å². The zero-order valence-electron chi connectivity index (χ0n) is 11.8. The van der Waals surface area contributed by atoms with E-state index in [-0.39, 0.29) is 10.8 Å². The van der Waals surface area contributed by atoms with Crippen LogP contribution >= 0.6 is 0 Å². The minimum atomic E-state index is -3.74. The number of rotatable bonds is 3. The Bertz CT molecular complexity index is 632. The van der Waals surface area contributed by atoms with Crippen LogP contribution in [0.15, 0.2) is 17.0 Å². The Labute approximate surface area is 119 Å². The van der Waals surface area contributed by atoms with Crippen molar-refractivity contribution in [2.75, 3.05) is 19.3 Å². The summed E-state index contributed by atoms with van der Waals surface area (Å²) < 4.78 is 27.1. The second-order valence-corrected chi connectivity index (χ2v) is 6.89. The van der Waals surface area contributed by atoms with E-state index in [1.807, 2.05) is 6.92 Å². The molecule has 0 aliphatic carbocycles. The Kier molecular flexibility index (Phi) is 3.75. The number of carbonyl (C=O) groups excluding carboxylic acids is 1. The molecule has 1 aromatic carbocycles. The number of nitrogen functional groups attached to an aromatic ring is 1. The molecule has 0 bridgehead atoms. The molecule has 3 N–H and O–H groups in total. The van der Waals surface area contributed by atoms with Crippen molar-refractivity contribution in [2.45, 2.75) is 31.2 Å². The fourth-order valence-corrected chi connectivity index (χ4v) is 3.54. The highest BCUT2D eigenvalue weighted by Gasteiger charge is 2.33. The van der Waals surface area contributed by atoms with Crippen LogP contribution in [-0.2, 0) is 14.8 Å². The van der Waals surface area contributed by atoms with Gasteiger partial charge in [0.25, 0.3) is 0 Å². The second kappa shape index (κ2) is 5.06. The van der Waals surface area contributed by atoms with Gasteiger partial charge < -0.3 is 10.6 Å². The smallest absolute Gasteiger partial charge is 0.241 e. The first-order valence-corrected chi connectivity index (χ1v) is 7.84. The lowest BCUT2D eigenvalue weighted by atomic mass is 10.1. The summed E-state index contributed by atoms with van der Waals surface area (Å²) in [5.41, 5.74) is 7.91. The van der Waals surface area contributed by atoms with Crippen molar-refractivity contribution < 1.29 is 13.2 Å². The summed E-state index contributed by atoms with van der Waals surface area (Å²) in [5, 5.41) is 0. The number of amides is 1. The zero-order chi connectivity index (χ0) is 15.1. The first-order valence-electron chi connectivity index (χ1n) is 6.36. The topological polar surface area (TPSA) is 92.5 Å². The average Bonchev–Trinajstić information content (AvgIpc) is 2.67. The Morgan fingerprint density at radius 1 is 1.35 bits per heavy atom. The standard InChI is InChI=1S/C13H19N3O3S/c1-8-6-10(7-11(14)9(8)2)20(18,19)15-12-4-5-16(3)13(12)17/h6-7,12,15H,4-5,14H2,1-3H3. The van der Waals surface area contributed by atoms with E-state index in [4.69, 9.17) is 5.73 Å². The number of sulfonamides is 1. The van der Waals surface area contributed by atoms with Crippen LogP contribution in [-0.4, -0.2) is 38.9 Å². The molecule has 7 heteroatoms. The molecule has 2 rings (SSSR count). The van der Waals surface area contributed by atoms with Gasteiger partial charge in [0, 0.05) is 19.3 Å². The number of nitrogens with one attached hydrogen (secondary N) is 1. The summed E-state index contributed by atoms with van der Waals surface area (Å²) in [6.07, 6.45) is 0.481. The third kappa shape index (κ3) is 2.64. The summed E-state index contributed by atoms with van der Waals surface area (Å²) in [7, 11) is -2.08. The molecule has 1 heterocycles. The highest BCUT2D eigenvalue weighted by molar-refractivity contribution is 7.89. The quantitative estimate of drug-likeness (QED) is 0.790. The maximum atomic E-state index is 12.3. The molecule has 1 aromatic rings. The summed E-state index contributed by atoms with van der Waals surface area (Å²) in [6, 6.07) is 2.30. The average molecular weight is 297 g/mol. The van der Waals surface area contributed by atoms with Crippen molar-refractivity contribution in [3.05, 3.63) is 23.3 Å². The number of likely N-dealkylation sites (tertiary alicyclic amines) is 1. The zero-order valence-corrected chi connectivity index (χ0v) is 12.6. The van der Waals surface area contributed by atoms with Crippen LogP contribution in [0.3, 0.4) is 0 Å². The lowest BCUT2D eigenvalue weighted by Gasteiger charge is -2.14. The van der Waals surface area contributed by atoms with Crippen LogP contribution in [0.5, 0.6) is 0 Å². The number of nitrogens with two attached hydrogens (primary N) is 1. The van der Waals surface area contributed by atoms with Gasteiger partial charge >= 0.3 is 0 Å². The SMILES string of the molecule is Cc1cc(S(=O)(=O)NC2CCN(C)C2=O)cc(N)c1C. The van der Waals surface area contributed by atoms with Gasteiger partial charge in [-0.3, -0.25) is 4.79 Å². The highest BCUT2D eigenvalue weighted by atomic mass is 32.2. The molecule has 1 aliphatic rings. The minimum Gasteiger partial charge on any atom is -0.398 e. The van der Waals surface area contributed by atoms with E-state index in [0.29, 0.717) is 18.7 Å². The van der Waals surface area contributed by atoms with Gasteiger partial charge in [0.15, 0.2) is 0 Å². The van der Waals surface area contributed by atoms with Gasteiger partial charge in [-0.15, -0.1) is 0 Å². The predicted octanol–water partition coefficient (Wildman–Crippen LogP) is 0.395. The normalized spacial score (nSPS) is 19.6. The molecule has 1 fully saturated rings. The Hall–Kier alpha value is -1.60. The molecule has 0 spiro atoms. The molecule has 6 nitrogen and oxygen atoms in total. The van der Waals surface area contributed by atoms with Crippen molar-refractivity contribution in [3.8, 4) is 0 Å². The van der Waals surface area contributed by atoms with Crippen LogP contribution in [0.25, 0.3) is 0 Å². The second-order valence-electron chi connectivity index (χ2n) is 5.18. The van der Waals surface area contributed by atoms with E-state index in [1.54, 1.807) is 20.0 Å². The molecule has 1 unspecified atom stereocenters. The molecular formula is C13H19N3O3S. The summed E-state index contributed by atoms with van der Waals surface area (Å²) in [6.45, 7) is 4.20. The number of carbonyl (C=O) groups is 1. The lowest BCUT2D eigenvalue weighted by molar-refractivity contribution is -0.127. The number of anilines is 1. The van der Waals surface area contributed by atoms with Crippen molar-refractivity contribution in [1.82, 2.24) is 9.62 Å². The molecule has 110 valence electrons.